The maximum Gasteiger partial charge on any atom is 0.255 e. The Morgan fingerprint density at radius 1 is 0.974 bits per heavy atom. The van der Waals surface area contributed by atoms with Gasteiger partial charge < -0.3 is 24.8 Å². The van der Waals surface area contributed by atoms with Crippen molar-refractivity contribution in [2.75, 3.05) is 67.6 Å². The van der Waals surface area contributed by atoms with Crippen LogP contribution in [0.4, 0.5) is 23.3 Å². The summed E-state index contributed by atoms with van der Waals surface area (Å²) >= 11 is 1.68. The number of piperazine rings is 1. The zero-order valence-corrected chi connectivity index (χ0v) is 22.4. The fraction of sp³-hybridized carbons (Fsp3) is 0.370. The molecular weight excluding hydrogens is 500 g/mol. The number of nitrogens with one attached hydrogen (secondary N) is 1. The molecule has 38 heavy (non-hydrogen) atoms. The van der Waals surface area contributed by atoms with Crippen LogP contribution in [0.1, 0.15) is 20.8 Å². The number of anilines is 4. The highest BCUT2D eigenvalue weighted by atomic mass is 32.1. The third-order valence-electron chi connectivity index (χ3n) is 7.12. The van der Waals surface area contributed by atoms with Crippen molar-refractivity contribution in [3.05, 3.63) is 58.9 Å². The minimum atomic E-state index is 0.00834. The number of rotatable bonds is 5. The van der Waals surface area contributed by atoms with Gasteiger partial charge in [0.15, 0.2) is 0 Å². The molecule has 2 saturated heterocycles. The van der Waals surface area contributed by atoms with Crippen LogP contribution in [0.3, 0.4) is 0 Å². The number of carbonyl (C=O) groups is 1. The van der Waals surface area contributed by atoms with E-state index in [2.05, 4.69) is 38.9 Å². The molecule has 1 N–H and O–H groups in total. The van der Waals surface area contributed by atoms with Crippen molar-refractivity contribution in [3.63, 3.8) is 0 Å². The van der Waals surface area contributed by atoms with E-state index in [1.165, 1.54) is 10.4 Å². The van der Waals surface area contributed by atoms with Gasteiger partial charge in [0.25, 0.3) is 5.91 Å². The van der Waals surface area contributed by atoms with E-state index in [-0.39, 0.29) is 5.91 Å². The summed E-state index contributed by atoms with van der Waals surface area (Å²) in [4.78, 5) is 40.0. The molecule has 0 aliphatic carbocycles. The molecule has 1 amide bonds. The Bertz CT molecular complexity index is 1430. The predicted molar refractivity (Wildman–Crippen MR) is 150 cm³/mol. The molecule has 6 heterocycles. The molecule has 2 fully saturated rings. The van der Waals surface area contributed by atoms with E-state index < -0.39 is 0 Å². The van der Waals surface area contributed by atoms with Crippen LogP contribution in [0.15, 0.2) is 42.9 Å². The Labute approximate surface area is 225 Å². The number of aromatic nitrogens is 4. The number of hydrogen-bond donors (Lipinski definition) is 1. The molecule has 0 saturated carbocycles. The van der Waals surface area contributed by atoms with Gasteiger partial charge in [-0.3, -0.25) is 9.78 Å². The number of pyridine rings is 2. The first-order chi connectivity index (χ1) is 18.6. The number of amides is 1. The molecule has 10 nitrogen and oxygen atoms in total. The SMILES string of the molecule is Cc1sc2nc(N3CCN(C(=O)c4cccnc4)CC3)nc(Nc3ccc(N4CCOCC4)nc3)c2c1C. The smallest absolute Gasteiger partial charge is 0.255 e. The van der Waals surface area contributed by atoms with Crippen molar-refractivity contribution in [1.82, 2.24) is 24.8 Å². The highest BCUT2D eigenvalue weighted by Crippen LogP contribution is 2.36. The van der Waals surface area contributed by atoms with Crippen molar-refractivity contribution < 1.29 is 9.53 Å². The van der Waals surface area contributed by atoms with E-state index >= 15 is 0 Å². The lowest BCUT2D eigenvalue weighted by Crippen LogP contribution is -2.49. The minimum absolute atomic E-state index is 0.00834. The number of hydrogen-bond acceptors (Lipinski definition) is 10. The van der Waals surface area contributed by atoms with Crippen LogP contribution in [0.5, 0.6) is 0 Å². The number of ether oxygens (including phenoxy) is 1. The van der Waals surface area contributed by atoms with Crippen LogP contribution in [0.2, 0.25) is 0 Å². The third-order valence-corrected chi connectivity index (χ3v) is 8.22. The molecule has 6 rings (SSSR count). The summed E-state index contributed by atoms with van der Waals surface area (Å²) in [6.45, 7) is 9.93. The lowest BCUT2D eigenvalue weighted by molar-refractivity contribution is 0.0746. The molecule has 0 aromatic carbocycles. The van der Waals surface area contributed by atoms with E-state index in [0.717, 1.165) is 53.8 Å². The molecule has 11 heteroatoms. The standard InChI is InChI=1S/C27H30N8O2S/c1-18-19(2)38-25-23(18)24(30-21-5-6-22(29-17-21)33-12-14-37-15-13-33)31-27(32-25)35-10-8-34(9-11-35)26(36)20-4-3-7-28-16-20/h3-7,16-17H,8-15H2,1-2H3,(H,30,31,32). The van der Waals surface area contributed by atoms with Gasteiger partial charge in [-0.1, -0.05) is 0 Å². The second kappa shape index (κ2) is 10.5. The average Bonchev–Trinajstić information content (AvgIpc) is 3.27. The highest BCUT2D eigenvalue weighted by molar-refractivity contribution is 7.18. The summed E-state index contributed by atoms with van der Waals surface area (Å²) in [5.41, 5.74) is 2.68. The minimum Gasteiger partial charge on any atom is -0.378 e. The Morgan fingerprint density at radius 2 is 1.79 bits per heavy atom. The average molecular weight is 531 g/mol. The molecule has 4 aromatic heterocycles. The van der Waals surface area contributed by atoms with Gasteiger partial charge in [-0.25, -0.2) is 9.97 Å². The molecule has 0 unspecified atom stereocenters. The summed E-state index contributed by atoms with van der Waals surface area (Å²) in [6.07, 6.45) is 5.15. The van der Waals surface area contributed by atoms with E-state index in [9.17, 15) is 4.79 Å². The van der Waals surface area contributed by atoms with Crippen LogP contribution < -0.4 is 15.1 Å². The topological polar surface area (TPSA) is 99.6 Å². The first kappa shape index (κ1) is 24.5. The van der Waals surface area contributed by atoms with Gasteiger partial charge in [0, 0.05) is 56.5 Å². The predicted octanol–water partition coefficient (Wildman–Crippen LogP) is 3.64. The normalized spacial score (nSPS) is 16.2. The molecule has 0 radical (unpaired) electrons. The monoisotopic (exact) mass is 530 g/mol. The lowest BCUT2D eigenvalue weighted by Gasteiger charge is -2.34. The van der Waals surface area contributed by atoms with Gasteiger partial charge in [0.2, 0.25) is 5.95 Å². The molecule has 2 aliphatic rings. The highest BCUT2D eigenvalue weighted by Gasteiger charge is 2.25. The molecule has 4 aromatic rings. The van der Waals surface area contributed by atoms with Crippen LogP contribution in [0.25, 0.3) is 10.2 Å². The number of thiophene rings is 1. The Kier molecular flexibility index (Phi) is 6.77. The first-order valence-corrected chi connectivity index (χ1v) is 13.7. The van der Waals surface area contributed by atoms with Gasteiger partial charge in [0.1, 0.15) is 16.5 Å². The van der Waals surface area contributed by atoms with Crippen molar-refractivity contribution >= 4 is 50.7 Å². The van der Waals surface area contributed by atoms with Crippen molar-refractivity contribution in [1.29, 1.82) is 0 Å². The van der Waals surface area contributed by atoms with Gasteiger partial charge in [-0.05, 0) is 43.7 Å². The summed E-state index contributed by atoms with van der Waals surface area (Å²) < 4.78 is 5.46. The van der Waals surface area contributed by atoms with Crippen LogP contribution in [-0.4, -0.2) is 83.2 Å². The summed E-state index contributed by atoms with van der Waals surface area (Å²) in [7, 11) is 0. The summed E-state index contributed by atoms with van der Waals surface area (Å²) in [6, 6.07) is 7.68. The van der Waals surface area contributed by atoms with Crippen molar-refractivity contribution in [3.8, 4) is 0 Å². The van der Waals surface area contributed by atoms with E-state index in [0.29, 0.717) is 37.7 Å². The molecule has 196 valence electrons. The number of aryl methyl sites for hydroxylation is 2. The van der Waals surface area contributed by atoms with E-state index in [4.69, 9.17) is 14.7 Å². The zero-order chi connectivity index (χ0) is 26.1. The largest absolute Gasteiger partial charge is 0.378 e. The second-order valence-corrected chi connectivity index (χ2v) is 10.7. The van der Waals surface area contributed by atoms with E-state index in [1.54, 1.807) is 35.9 Å². The van der Waals surface area contributed by atoms with Crippen LogP contribution in [0, 0.1) is 13.8 Å². The maximum atomic E-state index is 12.9. The molecule has 2 aliphatic heterocycles. The number of nitrogens with zero attached hydrogens (tertiary/aromatic N) is 7. The van der Waals surface area contributed by atoms with Crippen molar-refractivity contribution in [2.24, 2.45) is 0 Å². The van der Waals surface area contributed by atoms with Crippen LogP contribution in [-0.2, 0) is 4.74 Å². The van der Waals surface area contributed by atoms with Gasteiger partial charge >= 0.3 is 0 Å². The number of morpholine rings is 1. The molecule has 0 bridgehead atoms. The number of fused-ring (bicyclic) bond motifs is 1. The Morgan fingerprint density at radius 3 is 2.50 bits per heavy atom. The first-order valence-electron chi connectivity index (χ1n) is 12.8. The lowest BCUT2D eigenvalue weighted by atomic mass is 10.2. The fourth-order valence-corrected chi connectivity index (χ4v) is 5.85. The maximum absolute atomic E-state index is 12.9. The van der Waals surface area contributed by atoms with Gasteiger partial charge in [0.05, 0.1) is 36.0 Å². The van der Waals surface area contributed by atoms with Crippen molar-refractivity contribution in [2.45, 2.75) is 13.8 Å². The molecule has 0 atom stereocenters. The van der Waals surface area contributed by atoms with E-state index in [1.807, 2.05) is 23.2 Å². The summed E-state index contributed by atoms with van der Waals surface area (Å²) in [5.74, 6) is 2.41. The molecular formula is C27H30N8O2S. The number of carbonyl (C=O) groups excluding carboxylic acids is 1. The third kappa shape index (κ3) is 4.86. The summed E-state index contributed by atoms with van der Waals surface area (Å²) in [5, 5.41) is 4.55. The second-order valence-electron chi connectivity index (χ2n) is 9.49. The zero-order valence-electron chi connectivity index (χ0n) is 21.6. The van der Waals surface area contributed by atoms with Crippen LogP contribution >= 0.6 is 11.3 Å². The Hall–Kier alpha value is -3.83. The quantitative estimate of drug-likeness (QED) is 0.415. The Balaban J connectivity index is 1.22. The fourth-order valence-electron chi connectivity index (χ4n) is 4.83. The van der Waals surface area contributed by atoms with Gasteiger partial charge in [-0.2, -0.15) is 4.98 Å². The van der Waals surface area contributed by atoms with Gasteiger partial charge in [-0.15, -0.1) is 11.3 Å². The molecule has 0 spiro atoms.